The van der Waals surface area contributed by atoms with E-state index in [2.05, 4.69) is 22.1 Å². The Morgan fingerprint density at radius 3 is 2.53 bits per heavy atom. The number of carbonyl (C=O) groups excluding carboxylic acids is 1. The molecular weight excluding hydrogens is 475 g/mol. The third kappa shape index (κ3) is 5.14. The zero-order chi connectivity index (χ0) is 23.5. The van der Waals surface area contributed by atoms with Gasteiger partial charge in [-0.05, 0) is 42.5 Å². The first kappa shape index (κ1) is 23.8. The zero-order valence-corrected chi connectivity index (χ0v) is 19.6. The van der Waals surface area contributed by atoms with Crippen molar-refractivity contribution in [2.45, 2.75) is 24.7 Å². The summed E-state index contributed by atoms with van der Waals surface area (Å²) in [4.78, 5) is 12.4. The van der Waals surface area contributed by atoms with E-state index >= 15 is 0 Å². The molecule has 32 heavy (non-hydrogen) atoms. The Labute approximate surface area is 194 Å². The minimum atomic E-state index is -4.19. The van der Waals surface area contributed by atoms with Crippen molar-refractivity contribution in [3.63, 3.8) is 0 Å². The van der Waals surface area contributed by atoms with Crippen molar-refractivity contribution >= 4 is 49.7 Å². The van der Waals surface area contributed by atoms with Gasteiger partial charge in [0, 0.05) is 11.5 Å². The quantitative estimate of drug-likeness (QED) is 0.440. The number of anilines is 2. The van der Waals surface area contributed by atoms with Crippen molar-refractivity contribution in [2.24, 2.45) is 0 Å². The van der Waals surface area contributed by atoms with E-state index in [9.17, 15) is 17.6 Å². The smallest absolute Gasteiger partial charge is 0.266 e. The molecule has 0 spiro atoms. The molecular formula is C21H20ClFN4O3S2. The van der Waals surface area contributed by atoms with E-state index in [1.165, 1.54) is 47.7 Å². The van der Waals surface area contributed by atoms with E-state index in [0.717, 1.165) is 21.4 Å². The SMILES string of the molecule is C=CCN(c1ccc(F)cc1)S(=O)(=O)c1cc(C(=O)Nc2nnc(C(C)C)s2)ccc1Cl. The molecule has 0 radical (unpaired) electrons. The van der Waals surface area contributed by atoms with Gasteiger partial charge in [-0.3, -0.25) is 14.4 Å². The van der Waals surface area contributed by atoms with Crippen LogP contribution < -0.4 is 9.62 Å². The van der Waals surface area contributed by atoms with Gasteiger partial charge in [0.1, 0.15) is 15.7 Å². The van der Waals surface area contributed by atoms with E-state index in [-0.39, 0.29) is 33.6 Å². The highest BCUT2D eigenvalue weighted by Crippen LogP contribution is 2.30. The van der Waals surface area contributed by atoms with Crippen LogP contribution in [0.5, 0.6) is 0 Å². The van der Waals surface area contributed by atoms with Crippen molar-refractivity contribution in [3.05, 3.63) is 76.5 Å². The second-order valence-electron chi connectivity index (χ2n) is 7.00. The van der Waals surface area contributed by atoms with Crippen molar-refractivity contribution in [1.29, 1.82) is 0 Å². The van der Waals surface area contributed by atoms with Gasteiger partial charge in [0.2, 0.25) is 5.13 Å². The van der Waals surface area contributed by atoms with Gasteiger partial charge in [-0.15, -0.1) is 16.8 Å². The number of amides is 1. The van der Waals surface area contributed by atoms with Crippen LogP contribution in [0.25, 0.3) is 0 Å². The van der Waals surface area contributed by atoms with Gasteiger partial charge in [0.05, 0.1) is 17.3 Å². The van der Waals surface area contributed by atoms with Crippen molar-refractivity contribution < 1.29 is 17.6 Å². The number of benzene rings is 2. The molecule has 0 unspecified atom stereocenters. The summed E-state index contributed by atoms with van der Waals surface area (Å²) in [5.41, 5.74) is 0.305. The zero-order valence-electron chi connectivity index (χ0n) is 17.2. The normalized spacial score (nSPS) is 11.4. The molecule has 1 amide bonds. The molecule has 2 aromatic carbocycles. The molecule has 0 saturated heterocycles. The molecule has 168 valence electrons. The summed E-state index contributed by atoms with van der Waals surface area (Å²) in [7, 11) is -4.19. The molecule has 1 aromatic heterocycles. The fourth-order valence-electron chi connectivity index (χ4n) is 2.72. The lowest BCUT2D eigenvalue weighted by atomic mass is 10.2. The highest BCUT2D eigenvalue weighted by Gasteiger charge is 2.28. The molecule has 0 bridgehead atoms. The van der Waals surface area contributed by atoms with Crippen LogP contribution in [-0.2, 0) is 10.0 Å². The van der Waals surface area contributed by atoms with Crippen LogP contribution in [0.15, 0.2) is 60.0 Å². The van der Waals surface area contributed by atoms with E-state index in [0.29, 0.717) is 5.13 Å². The summed E-state index contributed by atoms with van der Waals surface area (Å²) < 4.78 is 41.1. The van der Waals surface area contributed by atoms with Crippen LogP contribution in [0, 0.1) is 5.82 Å². The monoisotopic (exact) mass is 494 g/mol. The van der Waals surface area contributed by atoms with Crippen LogP contribution in [-0.4, -0.2) is 31.1 Å². The third-order valence-electron chi connectivity index (χ3n) is 4.33. The van der Waals surface area contributed by atoms with E-state index in [4.69, 9.17) is 11.6 Å². The predicted octanol–water partition coefficient (Wildman–Crippen LogP) is 5.09. The van der Waals surface area contributed by atoms with Gasteiger partial charge in [-0.25, -0.2) is 12.8 Å². The summed E-state index contributed by atoms with van der Waals surface area (Å²) >= 11 is 7.44. The van der Waals surface area contributed by atoms with Gasteiger partial charge in [0.25, 0.3) is 15.9 Å². The Hall–Kier alpha value is -2.82. The molecule has 1 heterocycles. The molecule has 0 atom stereocenters. The van der Waals surface area contributed by atoms with Gasteiger partial charge in [-0.2, -0.15) is 0 Å². The first-order valence-corrected chi connectivity index (χ1v) is 12.1. The predicted molar refractivity (Wildman–Crippen MR) is 125 cm³/mol. The summed E-state index contributed by atoms with van der Waals surface area (Å²) in [6.07, 6.45) is 1.40. The number of halogens is 2. The third-order valence-corrected chi connectivity index (χ3v) is 7.74. The number of hydrogen-bond donors (Lipinski definition) is 1. The number of rotatable bonds is 8. The van der Waals surface area contributed by atoms with Gasteiger partial charge >= 0.3 is 0 Å². The second kappa shape index (κ2) is 9.76. The fourth-order valence-corrected chi connectivity index (χ4v) is 5.40. The highest BCUT2D eigenvalue weighted by molar-refractivity contribution is 7.93. The first-order chi connectivity index (χ1) is 15.1. The van der Waals surface area contributed by atoms with Crippen LogP contribution in [0.4, 0.5) is 15.2 Å². The van der Waals surface area contributed by atoms with Crippen molar-refractivity contribution in [3.8, 4) is 0 Å². The molecule has 0 aliphatic rings. The van der Waals surface area contributed by atoms with Gasteiger partial charge in [0.15, 0.2) is 0 Å². The Morgan fingerprint density at radius 1 is 1.25 bits per heavy atom. The van der Waals surface area contributed by atoms with E-state index in [1.54, 1.807) is 0 Å². The molecule has 11 heteroatoms. The minimum Gasteiger partial charge on any atom is -0.296 e. The number of nitrogens with zero attached hydrogens (tertiary/aromatic N) is 3. The maximum Gasteiger partial charge on any atom is 0.266 e. The standard InChI is InChI=1S/C21H20ClFN4O3S2/c1-4-11-27(16-8-6-15(23)7-9-16)32(29,30)18-12-14(5-10-17(18)22)19(28)24-21-26-25-20(31-21)13(2)3/h4-10,12-13H,1,11H2,2-3H3,(H,24,26,28). The molecule has 0 saturated carbocycles. The van der Waals surface area contributed by atoms with Gasteiger partial charge < -0.3 is 0 Å². The lowest BCUT2D eigenvalue weighted by molar-refractivity contribution is 0.102. The Balaban J connectivity index is 1.95. The van der Waals surface area contributed by atoms with Crippen molar-refractivity contribution in [2.75, 3.05) is 16.2 Å². The maximum atomic E-state index is 13.4. The number of hydrogen-bond acceptors (Lipinski definition) is 6. The molecule has 1 N–H and O–H groups in total. The van der Waals surface area contributed by atoms with Gasteiger partial charge in [-0.1, -0.05) is 42.9 Å². The molecule has 3 aromatic rings. The maximum absolute atomic E-state index is 13.4. The molecule has 0 fully saturated rings. The molecule has 3 rings (SSSR count). The van der Waals surface area contributed by atoms with Crippen molar-refractivity contribution in [1.82, 2.24) is 10.2 Å². The molecule has 7 nitrogen and oxygen atoms in total. The van der Waals surface area contributed by atoms with Crippen LogP contribution in [0.1, 0.15) is 35.1 Å². The van der Waals surface area contributed by atoms with E-state index < -0.39 is 21.7 Å². The largest absolute Gasteiger partial charge is 0.296 e. The minimum absolute atomic E-state index is 0.0595. The Morgan fingerprint density at radius 2 is 1.94 bits per heavy atom. The fraction of sp³-hybridized carbons (Fsp3) is 0.190. The summed E-state index contributed by atoms with van der Waals surface area (Å²) in [5.74, 6) is -0.895. The molecule has 0 aliphatic heterocycles. The number of aromatic nitrogens is 2. The summed E-state index contributed by atoms with van der Waals surface area (Å²) in [6, 6.07) is 8.92. The topological polar surface area (TPSA) is 92.3 Å². The molecule has 0 aliphatic carbocycles. The second-order valence-corrected chi connectivity index (χ2v) is 10.2. The average molecular weight is 495 g/mol. The van der Waals surface area contributed by atoms with Crippen LogP contribution in [0.2, 0.25) is 5.02 Å². The number of nitrogens with one attached hydrogen (secondary N) is 1. The van der Waals surface area contributed by atoms with E-state index in [1.807, 2.05) is 13.8 Å². The average Bonchev–Trinajstić information content (AvgIpc) is 3.21. The number of carbonyl (C=O) groups is 1. The first-order valence-electron chi connectivity index (χ1n) is 9.47. The van der Waals surface area contributed by atoms with Crippen LogP contribution >= 0.6 is 22.9 Å². The lowest BCUT2D eigenvalue weighted by Crippen LogP contribution is -2.31. The summed E-state index contributed by atoms with van der Waals surface area (Å²) in [6.45, 7) is 7.43. The highest BCUT2D eigenvalue weighted by atomic mass is 35.5. The van der Waals surface area contributed by atoms with Crippen LogP contribution in [0.3, 0.4) is 0 Å². The summed E-state index contributed by atoms with van der Waals surface area (Å²) in [5, 5.41) is 11.6. The number of sulfonamides is 1. The Bertz CT molecular complexity index is 1240. The Kier molecular flexibility index (Phi) is 7.27. The lowest BCUT2D eigenvalue weighted by Gasteiger charge is -2.24.